The number of hydrogen-bond donors (Lipinski definition) is 1. The highest BCUT2D eigenvalue weighted by atomic mass is 32.1. The Labute approximate surface area is 163 Å². The Bertz CT molecular complexity index is 523. The zero-order valence-electron chi connectivity index (χ0n) is 15.4. The Balaban J connectivity index is 1.40. The summed E-state index contributed by atoms with van der Waals surface area (Å²) in [7, 11) is 0. The smallest absolute Gasteiger partial charge is 0.242 e. The second kappa shape index (κ2) is 10.7. The number of rotatable bonds is 12. The van der Waals surface area contributed by atoms with Crippen molar-refractivity contribution in [1.82, 2.24) is 9.80 Å². The number of nitrogens with zero attached hydrogens (tertiary/aromatic N) is 2. The van der Waals surface area contributed by atoms with Gasteiger partial charge in [-0.3, -0.25) is 29.0 Å². The molecule has 0 aromatic rings. The maximum Gasteiger partial charge on any atom is 0.242 e. The molecule has 2 unspecified atom stereocenters. The molecule has 2 aliphatic rings. The molecule has 0 aliphatic carbocycles. The van der Waals surface area contributed by atoms with Gasteiger partial charge in [-0.25, -0.2) is 0 Å². The average Bonchev–Trinajstić information content (AvgIpc) is 3.01. The van der Waals surface area contributed by atoms with Gasteiger partial charge in [0.1, 0.15) is 0 Å². The summed E-state index contributed by atoms with van der Waals surface area (Å²) in [6.07, 6.45) is 0.418. The van der Waals surface area contributed by atoms with Crippen molar-refractivity contribution in [2.75, 3.05) is 52.7 Å². The summed E-state index contributed by atoms with van der Waals surface area (Å²) >= 11 is 4.05. The molecule has 2 aliphatic heterocycles. The SMILES string of the molecule is CC1CC(=O)N(CCOCCOCCOCCN2C(=O)CC(S)C2=O)C1=O. The summed E-state index contributed by atoms with van der Waals surface area (Å²) in [5.74, 6) is -1.01. The van der Waals surface area contributed by atoms with Gasteiger partial charge in [-0.1, -0.05) is 6.92 Å². The van der Waals surface area contributed by atoms with E-state index in [1.165, 1.54) is 9.80 Å². The summed E-state index contributed by atoms with van der Waals surface area (Å²) < 4.78 is 16.0. The third-order valence-electron chi connectivity index (χ3n) is 4.35. The van der Waals surface area contributed by atoms with Crippen LogP contribution in [0.15, 0.2) is 0 Å². The van der Waals surface area contributed by atoms with Crippen molar-refractivity contribution in [3.05, 3.63) is 0 Å². The monoisotopic (exact) mass is 402 g/mol. The van der Waals surface area contributed by atoms with Crippen LogP contribution >= 0.6 is 12.6 Å². The number of hydrogen-bond acceptors (Lipinski definition) is 8. The normalized spacial score (nSPS) is 23.2. The fraction of sp³-hybridized carbons (Fsp3) is 0.765. The third kappa shape index (κ3) is 6.27. The van der Waals surface area contributed by atoms with Crippen molar-refractivity contribution in [2.45, 2.75) is 25.0 Å². The molecule has 0 N–H and O–H groups in total. The van der Waals surface area contributed by atoms with Gasteiger partial charge in [0.05, 0.1) is 58.0 Å². The van der Waals surface area contributed by atoms with E-state index in [-0.39, 0.29) is 68.7 Å². The lowest BCUT2D eigenvalue weighted by Crippen LogP contribution is -2.34. The number of amides is 4. The second-order valence-corrected chi connectivity index (χ2v) is 7.05. The summed E-state index contributed by atoms with van der Waals surface area (Å²) in [5, 5.41) is -0.536. The molecule has 27 heavy (non-hydrogen) atoms. The van der Waals surface area contributed by atoms with Gasteiger partial charge < -0.3 is 14.2 Å². The van der Waals surface area contributed by atoms with Crippen LogP contribution in [0.2, 0.25) is 0 Å². The standard InChI is InChI=1S/C17H26N2O7S/c1-12-10-14(20)18(16(12)22)2-4-24-6-8-26-9-7-25-5-3-19-15(21)11-13(27)17(19)23/h12-13,27H,2-11H2,1H3. The molecule has 0 bridgehead atoms. The fourth-order valence-electron chi connectivity index (χ4n) is 2.84. The summed E-state index contributed by atoms with van der Waals surface area (Å²) in [4.78, 5) is 48.9. The molecule has 4 amide bonds. The van der Waals surface area contributed by atoms with Crippen molar-refractivity contribution in [1.29, 1.82) is 0 Å². The van der Waals surface area contributed by atoms with Crippen molar-refractivity contribution < 1.29 is 33.4 Å². The van der Waals surface area contributed by atoms with Crippen LogP contribution in [0.5, 0.6) is 0 Å². The van der Waals surface area contributed by atoms with E-state index in [1.807, 2.05) is 0 Å². The molecule has 0 spiro atoms. The molecule has 0 radical (unpaired) electrons. The summed E-state index contributed by atoms with van der Waals surface area (Å²) in [5.41, 5.74) is 0. The minimum atomic E-state index is -0.536. The Hall–Kier alpha value is -1.49. The molecule has 2 saturated heterocycles. The van der Waals surface area contributed by atoms with Crippen LogP contribution in [0.25, 0.3) is 0 Å². The van der Waals surface area contributed by atoms with Crippen LogP contribution in [0.1, 0.15) is 19.8 Å². The van der Waals surface area contributed by atoms with E-state index >= 15 is 0 Å². The largest absolute Gasteiger partial charge is 0.377 e. The van der Waals surface area contributed by atoms with Gasteiger partial charge in [0, 0.05) is 18.8 Å². The van der Waals surface area contributed by atoms with E-state index < -0.39 is 5.25 Å². The van der Waals surface area contributed by atoms with Gasteiger partial charge in [-0.05, 0) is 0 Å². The highest BCUT2D eigenvalue weighted by molar-refractivity contribution is 7.81. The van der Waals surface area contributed by atoms with Gasteiger partial charge in [0.25, 0.3) is 0 Å². The van der Waals surface area contributed by atoms with Crippen LogP contribution in [-0.4, -0.2) is 91.4 Å². The fourth-order valence-corrected chi connectivity index (χ4v) is 3.13. The summed E-state index contributed by atoms with van der Waals surface area (Å²) in [6, 6.07) is 0. The Morgan fingerprint density at radius 3 is 1.63 bits per heavy atom. The van der Waals surface area contributed by atoms with Crippen LogP contribution in [0.3, 0.4) is 0 Å². The van der Waals surface area contributed by atoms with Crippen LogP contribution < -0.4 is 0 Å². The first kappa shape index (κ1) is 21.8. The molecule has 2 rings (SSSR count). The van der Waals surface area contributed by atoms with E-state index in [1.54, 1.807) is 6.92 Å². The number of ether oxygens (including phenoxy) is 3. The molecule has 0 saturated carbocycles. The van der Waals surface area contributed by atoms with Crippen LogP contribution in [-0.2, 0) is 33.4 Å². The van der Waals surface area contributed by atoms with Crippen molar-refractivity contribution >= 4 is 36.3 Å². The predicted octanol–water partition coefficient (Wildman–Crippen LogP) is -0.511. The average molecular weight is 402 g/mol. The first-order chi connectivity index (χ1) is 12.9. The van der Waals surface area contributed by atoms with Crippen molar-refractivity contribution in [3.63, 3.8) is 0 Å². The maximum absolute atomic E-state index is 11.7. The number of thiol groups is 1. The van der Waals surface area contributed by atoms with Crippen LogP contribution in [0.4, 0.5) is 0 Å². The van der Waals surface area contributed by atoms with Gasteiger partial charge >= 0.3 is 0 Å². The number of likely N-dealkylation sites (tertiary alicyclic amines) is 2. The van der Waals surface area contributed by atoms with Gasteiger partial charge in [-0.2, -0.15) is 12.6 Å². The minimum Gasteiger partial charge on any atom is -0.377 e. The number of imide groups is 2. The van der Waals surface area contributed by atoms with Crippen LogP contribution in [0, 0.1) is 5.92 Å². The highest BCUT2D eigenvalue weighted by Gasteiger charge is 2.36. The van der Waals surface area contributed by atoms with E-state index in [0.29, 0.717) is 26.4 Å². The maximum atomic E-state index is 11.7. The molecule has 2 heterocycles. The molecule has 9 nitrogen and oxygen atoms in total. The van der Waals surface area contributed by atoms with E-state index in [9.17, 15) is 19.2 Å². The van der Waals surface area contributed by atoms with Gasteiger partial charge in [0.2, 0.25) is 23.6 Å². The first-order valence-electron chi connectivity index (χ1n) is 9.01. The van der Waals surface area contributed by atoms with E-state index in [4.69, 9.17) is 14.2 Å². The lowest BCUT2D eigenvalue weighted by atomic mass is 10.1. The topological polar surface area (TPSA) is 102 Å². The molecular weight excluding hydrogens is 376 g/mol. The van der Waals surface area contributed by atoms with E-state index in [0.717, 1.165) is 0 Å². The lowest BCUT2D eigenvalue weighted by molar-refractivity contribution is -0.141. The Morgan fingerprint density at radius 2 is 1.22 bits per heavy atom. The minimum absolute atomic E-state index is 0.140. The first-order valence-corrected chi connectivity index (χ1v) is 9.53. The Morgan fingerprint density at radius 1 is 0.778 bits per heavy atom. The quantitative estimate of drug-likeness (QED) is 0.266. The Kier molecular flexibility index (Phi) is 8.68. The lowest BCUT2D eigenvalue weighted by Gasteiger charge is -2.14. The van der Waals surface area contributed by atoms with Crippen molar-refractivity contribution in [3.8, 4) is 0 Å². The summed E-state index contributed by atoms with van der Waals surface area (Å²) in [6.45, 7) is 4.21. The van der Waals surface area contributed by atoms with Crippen molar-refractivity contribution in [2.24, 2.45) is 5.92 Å². The highest BCUT2D eigenvalue weighted by Crippen LogP contribution is 2.18. The molecule has 2 atom stereocenters. The predicted molar refractivity (Wildman–Crippen MR) is 97.1 cm³/mol. The second-order valence-electron chi connectivity index (χ2n) is 6.43. The van der Waals surface area contributed by atoms with Gasteiger partial charge in [0.15, 0.2) is 0 Å². The zero-order chi connectivity index (χ0) is 19.8. The molecule has 0 aromatic carbocycles. The third-order valence-corrected chi connectivity index (χ3v) is 4.76. The molecule has 152 valence electrons. The molecule has 0 aromatic heterocycles. The number of carbonyl (C=O) groups is 4. The molecular formula is C17H26N2O7S. The number of carbonyl (C=O) groups excluding carboxylic acids is 4. The molecule has 10 heteroatoms. The van der Waals surface area contributed by atoms with Gasteiger partial charge in [-0.15, -0.1) is 0 Å². The zero-order valence-corrected chi connectivity index (χ0v) is 16.3. The molecule has 2 fully saturated rings. The van der Waals surface area contributed by atoms with E-state index in [2.05, 4.69) is 12.6 Å².